The topological polar surface area (TPSA) is 45.6 Å². The highest BCUT2D eigenvalue weighted by Crippen LogP contribution is 2.33. The second-order valence-electron chi connectivity index (χ2n) is 4.21. The molecule has 0 spiro atoms. The molecule has 1 amide bonds. The summed E-state index contributed by atoms with van der Waals surface area (Å²) >= 11 is 2.61. The Morgan fingerprint density at radius 3 is 2.90 bits per heavy atom. The number of halogens is 1. The molecular weight excluding hydrogens is 309 g/mol. The summed E-state index contributed by atoms with van der Waals surface area (Å²) < 4.78 is 13.7. The van der Waals surface area contributed by atoms with E-state index >= 15 is 0 Å². The highest BCUT2D eigenvalue weighted by molar-refractivity contribution is 8.18. The van der Waals surface area contributed by atoms with E-state index in [0.29, 0.717) is 20.8 Å². The molecule has 1 aliphatic heterocycles. The average molecular weight is 319 g/mol. The molecule has 0 aliphatic carbocycles. The summed E-state index contributed by atoms with van der Waals surface area (Å²) in [5.74, 6) is -0.551. The van der Waals surface area contributed by atoms with Gasteiger partial charge in [-0.25, -0.2) is 9.37 Å². The normalized spacial score (nSPS) is 19.0. The van der Waals surface area contributed by atoms with E-state index in [2.05, 4.69) is 9.98 Å². The fraction of sp³-hybridized carbons (Fsp3) is 0.0714. The van der Waals surface area contributed by atoms with Crippen LogP contribution in [0.1, 0.15) is 5.56 Å². The first-order valence-corrected chi connectivity index (χ1v) is 7.75. The van der Waals surface area contributed by atoms with Crippen molar-refractivity contribution >= 4 is 45.4 Å². The van der Waals surface area contributed by atoms with Crippen molar-refractivity contribution in [3.05, 3.63) is 52.1 Å². The van der Waals surface area contributed by atoms with Crippen LogP contribution in [0.2, 0.25) is 0 Å². The lowest BCUT2D eigenvalue weighted by molar-refractivity contribution is -0.121. The van der Waals surface area contributed by atoms with Crippen LogP contribution in [0.4, 0.5) is 9.52 Å². The van der Waals surface area contributed by atoms with Crippen molar-refractivity contribution in [1.82, 2.24) is 9.88 Å². The summed E-state index contributed by atoms with van der Waals surface area (Å²) in [7, 11) is 1.64. The number of likely N-dealkylation sites (N-methyl/N-ethyl adjacent to an activating group) is 1. The van der Waals surface area contributed by atoms with E-state index in [1.165, 1.54) is 34.1 Å². The van der Waals surface area contributed by atoms with Crippen molar-refractivity contribution < 1.29 is 9.18 Å². The van der Waals surface area contributed by atoms with Gasteiger partial charge >= 0.3 is 0 Å². The van der Waals surface area contributed by atoms with Crippen LogP contribution in [-0.2, 0) is 4.79 Å². The zero-order valence-electron chi connectivity index (χ0n) is 11.0. The lowest BCUT2D eigenvalue weighted by Crippen LogP contribution is -2.23. The summed E-state index contributed by atoms with van der Waals surface area (Å²) in [6.45, 7) is 0. The molecule has 0 unspecified atom stereocenters. The van der Waals surface area contributed by atoms with Crippen LogP contribution in [0.3, 0.4) is 0 Å². The van der Waals surface area contributed by atoms with E-state index < -0.39 is 0 Å². The number of amidine groups is 1. The van der Waals surface area contributed by atoms with Crippen molar-refractivity contribution in [3.63, 3.8) is 0 Å². The molecule has 0 radical (unpaired) electrons. The third-order valence-corrected chi connectivity index (χ3v) is 4.53. The van der Waals surface area contributed by atoms with Crippen LogP contribution in [0.15, 0.2) is 45.7 Å². The number of nitrogens with zero attached hydrogens (tertiary/aromatic N) is 3. The van der Waals surface area contributed by atoms with Gasteiger partial charge in [0, 0.05) is 24.2 Å². The Morgan fingerprint density at radius 2 is 2.19 bits per heavy atom. The van der Waals surface area contributed by atoms with Gasteiger partial charge in [-0.2, -0.15) is 4.99 Å². The minimum absolute atomic E-state index is 0.196. The number of aliphatic imine (C=N–C) groups is 1. The molecule has 2 heterocycles. The van der Waals surface area contributed by atoms with Gasteiger partial charge in [-0.15, -0.1) is 11.3 Å². The number of rotatable bonds is 2. The summed E-state index contributed by atoms with van der Waals surface area (Å²) in [6.07, 6.45) is 3.20. The van der Waals surface area contributed by atoms with Crippen LogP contribution < -0.4 is 0 Å². The number of carbonyl (C=O) groups excluding carboxylic acids is 1. The quantitative estimate of drug-likeness (QED) is 0.796. The summed E-state index contributed by atoms with van der Waals surface area (Å²) in [6, 6.07) is 6.34. The maximum absolute atomic E-state index is 13.7. The van der Waals surface area contributed by atoms with Gasteiger partial charge in [0.05, 0.1) is 4.91 Å². The Morgan fingerprint density at radius 1 is 1.38 bits per heavy atom. The molecule has 0 N–H and O–H groups in total. The number of benzene rings is 1. The molecule has 3 rings (SSSR count). The van der Waals surface area contributed by atoms with Gasteiger partial charge in [-0.05, 0) is 23.9 Å². The maximum atomic E-state index is 13.7. The molecule has 0 bridgehead atoms. The highest BCUT2D eigenvalue weighted by atomic mass is 32.2. The molecule has 0 saturated carbocycles. The summed E-state index contributed by atoms with van der Waals surface area (Å²) in [5.41, 5.74) is 0.386. The SMILES string of the molecule is CN1C(=O)/C(=C/c2ccccc2F)S/C1=N/c1nccs1. The van der Waals surface area contributed by atoms with Crippen LogP contribution in [0, 0.1) is 5.82 Å². The van der Waals surface area contributed by atoms with Crippen molar-refractivity contribution in [2.24, 2.45) is 4.99 Å². The van der Waals surface area contributed by atoms with Gasteiger partial charge in [0.2, 0.25) is 5.13 Å². The number of thiazole rings is 1. The highest BCUT2D eigenvalue weighted by Gasteiger charge is 2.30. The van der Waals surface area contributed by atoms with E-state index in [0.717, 1.165) is 0 Å². The molecule has 1 aliphatic rings. The van der Waals surface area contributed by atoms with E-state index in [-0.39, 0.29) is 11.7 Å². The fourth-order valence-electron chi connectivity index (χ4n) is 1.74. The Kier molecular flexibility index (Phi) is 3.85. The summed E-state index contributed by atoms with van der Waals surface area (Å²) in [4.78, 5) is 22.4. The maximum Gasteiger partial charge on any atom is 0.266 e. The monoisotopic (exact) mass is 319 g/mol. The minimum atomic E-state index is -0.355. The van der Waals surface area contributed by atoms with Crippen LogP contribution in [0.5, 0.6) is 0 Å². The van der Waals surface area contributed by atoms with E-state index in [1.807, 2.05) is 5.38 Å². The molecule has 7 heteroatoms. The van der Waals surface area contributed by atoms with Gasteiger partial charge in [-0.1, -0.05) is 18.2 Å². The first kappa shape index (κ1) is 14.0. The number of amides is 1. The largest absolute Gasteiger partial charge is 0.289 e. The molecule has 106 valence electrons. The van der Waals surface area contributed by atoms with Crippen molar-refractivity contribution in [1.29, 1.82) is 0 Å². The molecule has 1 saturated heterocycles. The first-order chi connectivity index (χ1) is 10.1. The lowest BCUT2D eigenvalue weighted by Gasteiger charge is -2.05. The molecule has 1 aromatic heterocycles. The second kappa shape index (κ2) is 5.79. The van der Waals surface area contributed by atoms with Gasteiger partial charge in [0.25, 0.3) is 5.91 Å². The molecule has 1 aromatic carbocycles. The number of thioether (sulfide) groups is 1. The first-order valence-electron chi connectivity index (χ1n) is 6.05. The van der Waals surface area contributed by atoms with Crippen molar-refractivity contribution in [2.45, 2.75) is 0 Å². The number of aromatic nitrogens is 1. The van der Waals surface area contributed by atoms with Crippen molar-refractivity contribution in [2.75, 3.05) is 7.05 Å². The molecule has 1 fully saturated rings. The van der Waals surface area contributed by atoms with Gasteiger partial charge in [-0.3, -0.25) is 9.69 Å². The van der Waals surface area contributed by atoms with Gasteiger partial charge in [0.1, 0.15) is 5.82 Å². The summed E-state index contributed by atoms with van der Waals surface area (Å²) in [5, 5.41) is 2.94. The molecule has 4 nitrogen and oxygen atoms in total. The average Bonchev–Trinajstić information content (AvgIpc) is 3.07. The number of hydrogen-bond donors (Lipinski definition) is 0. The molecule has 21 heavy (non-hydrogen) atoms. The standard InChI is InChI=1S/C14H10FN3OS2/c1-18-12(19)11(8-9-4-2-3-5-10(9)15)21-14(18)17-13-16-6-7-20-13/h2-8H,1H3/b11-8-,17-14+. The van der Waals surface area contributed by atoms with Gasteiger partial charge < -0.3 is 0 Å². The number of hydrogen-bond acceptors (Lipinski definition) is 5. The zero-order valence-corrected chi connectivity index (χ0v) is 12.6. The van der Waals surface area contributed by atoms with Crippen LogP contribution in [-0.4, -0.2) is 28.0 Å². The molecule has 2 aromatic rings. The van der Waals surface area contributed by atoms with Crippen molar-refractivity contribution in [3.8, 4) is 0 Å². The van der Waals surface area contributed by atoms with Gasteiger partial charge in [0.15, 0.2) is 5.17 Å². The molecular formula is C14H10FN3OS2. The second-order valence-corrected chi connectivity index (χ2v) is 6.09. The Bertz CT molecular complexity index is 740. The Labute approximate surface area is 129 Å². The number of carbonyl (C=O) groups is 1. The Balaban J connectivity index is 1.92. The third kappa shape index (κ3) is 2.88. The van der Waals surface area contributed by atoms with Crippen LogP contribution >= 0.6 is 23.1 Å². The smallest absolute Gasteiger partial charge is 0.266 e. The molecule has 0 atom stereocenters. The predicted octanol–water partition coefficient (Wildman–Crippen LogP) is 3.52. The minimum Gasteiger partial charge on any atom is -0.289 e. The third-order valence-electron chi connectivity index (χ3n) is 2.81. The van der Waals surface area contributed by atoms with Crippen LogP contribution in [0.25, 0.3) is 6.08 Å². The van der Waals surface area contributed by atoms with E-state index in [9.17, 15) is 9.18 Å². The zero-order chi connectivity index (χ0) is 14.8. The van der Waals surface area contributed by atoms with E-state index in [4.69, 9.17) is 0 Å². The van der Waals surface area contributed by atoms with E-state index in [1.54, 1.807) is 37.5 Å². The fourth-order valence-corrected chi connectivity index (χ4v) is 3.26. The predicted molar refractivity (Wildman–Crippen MR) is 83.9 cm³/mol. The lowest BCUT2D eigenvalue weighted by atomic mass is 10.2. The Hall–Kier alpha value is -1.99.